The Hall–Kier alpha value is -0.810. The van der Waals surface area contributed by atoms with E-state index in [0.29, 0.717) is 6.04 Å². The van der Waals surface area contributed by atoms with Crippen molar-refractivity contribution in [2.75, 3.05) is 19.6 Å². The van der Waals surface area contributed by atoms with Crippen molar-refractivity contribution in [1.29, 1.82) is 0 Å². The minimum atomic E-state index is 0.0224. The number of nitrogens with one attached hydrogen (secondary N) is 1. The molecule has 5 heteroatoms. The molecule has 0 spiro atoms. The van der Waals surface area contributed by atoms with E-state index in [1.54, 1.807) is 0 Å². The number of likely N-dealkylation sites (tertiary alicyclic amines) is 1. The van der Waals surface area contributed by atoms with Gasteiger partial charge >= 0.3 is 0 Å². The van der Waals surface area contributed by atoms with E-state index in [-0.39, 0.29) is 5.91 Å². The molecular formula is C16H26BrN3O. The van der Waals surface area contributed by atoms with Gasteiger partial charge in [-0.2, -0.15) is 0 Å². The van der Waals surface area contributed by atoms with Crippen LogP contribution in [-0.4, -0.2) is 41.1 Å². The molecule has 1 atom stereocenters. The molecule has 118 valence electrons. The summed E-state index contributed by atoms with van der Waals surface area (Å²) in [6.07, 6.45) is 6.95. The molecule has 1 fully saturated rings. The van der Waals surface area contributed by atoms with Gasteiger partial charge in [-0.15, -0.1) is 0 Å². The van der Waals surface area contributed by atoms with E-state index in [4.69, 9.17) is 0 Å². The quantitative estimate of drug-likeness (QED) is 0.795. The Morgan fingerprint density at radius 2 is 2.29 bits per heavy atom. The predicted octanol–water partition coefficient (Wildman–Crippen LogP) is 3.26. The molecule has 0 bridgehead atoms. The van der Waals surface area contributed by atoms with Crippen LogP contribution in [0.15, 0.2) is 16.7 Å². The van der Waals surface area contributed by atoms with E-state index >= 15 is 0 Å². The van der Waals surface area contributed by atoms with Gasteiger partial charge in [0, 0.05) is 36.3 Å². The van der Waals surface area contributed by atoms with Crippen LogP contribution in [0.5, 0.6) is 0 Å². The fourth-order valence-corrected chi connectivity index (χ4v) is 3.46. The maximum Gasteiger partial charge on any atom is 0.267 e. The van der Waals surface area contributed by atoms with Crippen LogP contribution in [0.25, 0.3) is 0 Å². The van der Waals surface area contributed by atoms with Gasteiger partial charge in [0.2, 0.25) is 0 Å². The van der Waals surface area contributed by atoms with Crippen molar-refractivity contribution in [2.24, 2.45) is 0 Å². The molecule has 1 amide bonds. The number of halogens is 1. The molecule has 1 unspecified atom stereocenters. The summed E-state index contributed by atoms with van der Waals surface area (Å²) >= 11 is 3.43. The lowest BCUT2D eigenvalue weighted by atomic mass is 10.0. The number of nitrogens with zero attached hydrogens (tertiary/aromatic N) is 2. The molecule has 0 saturated carbocycles. The van der Waals surface area contributed by atoms with Crippen molar-refractivity contribution in [3.8, 4) is 0 Å². The van der Waals surface area contributed by atoms with Gasteiger partial charge in [0.25, 0.3) is 5.91 Å². The summed E-state index contributed by atoms with van der Waals surface area (Å²) < 4.78 is 2.92. The average molecular weight is 356 g/mol. The lowest BCUT2D eigenvalue weighted by molar-refractivity contribution is 0.0940. The molecular weight excluding hydrogens is 330 g/mol. The summed E-state index contributed by atoms with van der Waals surface area (Å²) in [5.74, 6) is 0.0224. The highest BCUT2D eigenvalue weighted by Crippen LogP contribution is 2.16. The molecule has 2 heterocycles. The Kier molecular flexibility index (Phi) is 6.30. The zero-order chi connectivity index (χ0) is 15.2. The first-order valence-corrected chi connectivity index (χ1v) is 8.79. The number of piperidine rings is 1. The number of amides is 1. The van der Waals surface area contributed by atoms with Crippen molar-refractivity contribution < 1.29 is 4.79 Å². The number of aryl methyl sites for hydroxylation is 1. The largest absolute Gasteiger partial charge is 0.351 e. The second kappa shape index (κ2) is 7.99. The second-order valence-corrected chi connectivity index (χ2v) is 6.74. The Bertz CT molecular complexity index is 472. The van der Waals surface area contributed by atoms with Crippen LogP contribution in [-0.2, 0) is 6.54 Å². The minimum absolute atomic E-state index is 0.0224. The zero-order valence-corrected chi connectivity index (χ0v) is 14.7. The molecule has 0 aromatic carbocycles. The van der Waals surface area contributed by atoms with Gasteiger partial charge in [-0.25, -0.2) is 0 Å². The van der Waals surface area contributed by atoms with Gasteiger partial charge in [-0.1, -0.05) is 6.42 Å². The smallest absolute Gasteiger partial charge is 0.267 e. The van der Waals surface area contributed by atoms with Crippen LogP contribution < -0.4 is 5.32 Å². The molecule has 0 radical (unpaired) electrons. The molecule has 0 aliphatic carbocycles. The van der Waals surface area contributed by atoms with Gasteiger partial charge in [0.1, 0.15) is 5.69 Å². The highest BCUT2D eigenvalue weighted by molar-refractivity contribution is 9.10. The number of hydrogen-bond donors (Lipinski definition) is 1. The van der Waals surface area contributed by atoms with E-state index in [1.807, 2.05) is 23.8 Å². The van der Waals surface area contributed by atoms with E-state index in [9.17, 15) is 4.79 Å². The fourth-order valence-electron chi connectivity index (χ4n) is 2.99. The van der Waals surface area contributed by atoms with Crippen LogP contribution in [0.1, 0.15) is 50.0 Å². The summed E-state index contributed by atoms with van der Waals surface area (Å²) in [6, 6.07) is 2.58. The maximum atomic E-state index is 12.2. The van der Waals surface area contributed by atoms with Crippen LogP contribution in [0, 0.1) is 0 Å². The molecule has 1 aliphatic heterocycles. The summed E-state index contributed by atoms with van der Waals surface area (Å²) in [4.78, 5) is 14.7. The summed E-state index contributed by atoms with van der Waals surface area (Å²) in [7, 11) is 0. The third-order valence-corrected chi connectivity index (χ3v) is 4.72. The van der Waals surface area contributed by atoms with Crippen LogP contribution in [0.3, 0.4) is 0 Å². The first kappa shape index (κ1) is 16.6. The Morgan fingerprint density at radius 1 is 1.48 bits per heavy atom. The second-order valence-electron chi connectivity index (χ2n) is 5.82. The van der Waals surface area contributed by atoms with Gasteiger partial charge in [0.15, 0.2) is 0 Å². The molecule has 2 rings (SSSR count). The number of rotatable bonds is 6. The Balaban J connectivity index is 1.74. The number of carbonyl (C=O) groups is 1. The molecule has 1 saturated heterocycles. The highest BCUT2D eigenvalue weighted by atomic mass is 79.9. The summed E-state index contributed by atoms with van der Waals surface area (Å²) in [6.45, 7) is 8.19. The molecule has 4 nitrogen and oxygen atoms in total. The number of carbonyl (C=O) groups excluding carboxylic acids is 1. The Morgan fingerprint density at radius 3 is 3.00 bits per heavy atom. The van der Waals surface area contributed by atoms with E-state index in [1.165, 1.54) is 25.8 Å². The molecule has 21 heavy (non-hydrogen) atoms. The fraction of sp³-hybridized carbons (Fsp3) is 0.688. The van der Waals surface area contributed by atoms with E-state index in [0.717, 1.165) is 36.2 Å². The topological polar surface area (TPSA) is 37.3 Å². The minimum Gasteiger partial charge on any atom is -0.351 e. The van der Waals surface area contributed by atoms with Crippen LogP contribution >= 0.6 is 15.9 Å². The van der Waals surface area contributed by atoms with Crippen molar-refractivity contribution in [1.82, 2.24) is 14.8 Å². The third-order valence-electron chi connectivity index (χ3n) is 4.28. The normalized spacial score (nSPS) is 19.7. The molecule has 1 aromatic rings. The Labute approximate surface area is 136 Å². The van der Waals surface area contributed by atoms with Crippen molar-refractivity contribution >= 4 is 21.8 Å². The summed E-state index contributed by atoms with van der Waals surface area (Å²) in [5.41, 5.74) is 0.732. The first-order chi connectivity index (χ1) is 10.1. The van der Waals surface area contributed by atoms with E-state index in [2.05, 4.69) is 33.1 Å². The molecule has 1 aromatic heterocycles. The lowest BCUT2D eigenvalue weighted by Gasteiger charge is -2.33. The van der Waals surface area contributed by atoms with Gasteiger partial charge in [-0.05, 0) is 61.7 Å². The van der Waals surface area contributed by atoms with Crippen LogP contribution in [0.4, 0.5) is 0 Å². The van der Waals surface area contributed by atoms with Crippen molar-refractivity contribution in [3.05, 3.63) is 22.4 Å². The predicted molar refractivity (Wildman–Crippen MR) is 89.6 cm³/mol. The first-order valence-electron chi connectivity index (χ1n) is 7.99. The standard InChI is InChI=1S/C16H26BrN3O/c1-3-19-12-14(17)11-15(19)16(21)18-8-6-10-20-9-5-4-7-13(20)2/h11-13H,3-10H2,1-2H3,(H,18,21). The number of aromatic nitrogens is 1. The summed E-state index contributed by atoms with van der Waals surface area (Å²) in [5, 5.41) is 3.03. The van der Waals surface area contributed by atoms with E-state index < -0.39 is 0 Å². The molecule has 1 N–H and O–H groups in total. The third kappa shape index (κ3) is 4.58. The SMILES string of the molecule is CCn1cc(Br)cc1C(=O)NCCCN1CCCCC1C. The number of hydrogen-bond acceptors (Lipinski definition) is 2. The van der Waals surface area contributed by atoms with Gasteiger partial charge in [-0.3, -0.25) is 4.79 Å². The van der Waals surface area contributed by atoms with Gasteiger partial charge in [0.05, 0.1) is 0 Å². The molecule has 1 aliphatic rings. The van der Waals surface area contributed by atoms with Crippen molar-refractivity contribution in [2.45, 2.75) is 52.1 Å². The van der Waals surface area contributed by atoms with Crippen molar-refractivity contribution in [3.63, 3.8) is 0 Å². The average Bonchev–Trinajstić information content (AvgIpc) is 2.86. The van der Waals surface area contributed by atoms with Gasteiger partial charge < -0.3 is 14.8 Å². The monoisotopic (exact) mass is 355 g/mol. The zero-order valence-electron chi connectivity index (χ0n) is 13.1. The lowest BCUT2D eigenvalue weighted by Crippen LogP contribution is -2.39. The maximum absolute atomic E-state index is 12.2. The highest BCUT2D eigenvalue weighted by Gasteiger charge is 2.17. The van der Waals surface area contributed by atoms with Crippen LogP contribution in [0.2, 0.25) is 0 Å².